The molecule has 1 N–H and O–H groups in total. The van der Waals surface area contributed by atoms with Crippen LogP contribution in [0.2, 0.25) is 0 Å². The number of Topliss-reactive ketones (excluding diaryl/α,β-unsaturated/α-hetero) is 1. The molecule has 0 amide bonds. The van der Waals surface area contributed by atoms with Crippen LogP contribution in [0.15, 0.2) is 24.3 Å². The predicted molar refractivity (Wildman–Crippen MR) is 44.7 cm³/mol. The lowest BCUT2D eigenvalue weighted by molar-refractivity contribution is 0.0990. The fraction of sp³-hybridized carbons (Fsp3) is 0.222. The van der Waals surface area contributed by atoms with Crippen molar-refractivity contribution in [2.45, 2.75) is 0 Å². The van der Waals surface area contributed by atoms with E-state index in [1.165, 1.54) is 12.1 Å². The molecule has 3 heteroatoms. The number of carbonyl (C=O) groups is 1. The molecule has 0 atom stereocenters. The third-order valence-electron chi connectivity index (χ3n) is 1.51. The van der Waals surface area contributed by atoms with E-state index in [0.29, 0.717) is 0 Å². The Bertz CT molecular complexity index is 286. The molecule has 0 unspecified atom stereocenters. The van der Waals surface area contributed by atoms with Gasteiger partial charge in [0, 0.05) is 0 Å². The molecule has 0 aliphatic carbocycles. The molecule has 0 saturated carbocycles. The summed E-state index contributed by atoms with van der Waals surface area (Å²) in [6.45, 7) is 0.168. The number of rotatable bonds is 3. The molecule has 1 aromatic rings. The van der Waals surface area contributed by atoms with Crippen molar-refractivity contribution in [3.63, 3.8) is 0 Å². The van der Waals surface area contributed by atoms with Gasteiger partial charge < -0.3 is 5.32 Å². The third-order valence-corrected chi connectivity index (χ3v) is 1.51. The van der Waals surface area contributed by atoms with Gasteiger partial charge in [-0.1, -0.05) is 12.1 Å². The van der Waals surface area contributed by atoms with Gasteiger partial charge in [-0.05, 0) is 19.2 Å². The van der Waals surface area contributed by atoms with E-state index in [1.54, 1.807) is 19.2 Å². The first-order chi connectivity index (χ1) is 5.75. The van der Waals surface area contributed by atoms with Crippen molar-refractivity contribution in [1.29, 1.82) is 0 Å². The third kappa shape index (κ3) is 1.89. The first-order valence-corrected chi connectivity index (χ1v) is 3.68. The molecular formula is C9H10FNO. The number of benzene rings is 1. The molecule has 12 heavy (non-hydrogen) atoms. The van der Waals surface area contributed by atoms with Crippen molar-refractivity contribution in [3.8, 4) is 0 Å². The highest BCUT2D eigenvalue weighted by molar-refractivity contribution is 5.97. The van der Waals surface area contributed by atoms with Crippen LogP contribution in [-0.4, -0.2) is 19.4 Å². The number of carbonyl (C=O) groups excluding carboxylic acids is 1. The Hall–Kier alpha value is -1.22. The SMILES string of the molecule is CNCC(=O)c1ccccc1F. The summed E-state index contributed by atoms with van der Waals surface area (Å²) in [7, 11) is 1.65. The summed E-state index contributed by atoms with van der Waals surface area (Å²) in [5, 5.41) is 2.68. The van der Waals surface area contributed by atoms with Gasteiger partial charge in [0.2, 0.25) is 0 Å². The van der Waals surface area contributed by atoms with Crippen molar-refractivity contribution in [2.24, 2.45) is 0 Å². The van der Waals surface area contributed by atoms with Crippen molar-refractivity contribution in [1.82, 2.24) is 5.32 Å². The molecule has 0 heterocycles. The summed E-state index contributed by atoms with van der Waals surface area (Å²) in [5.41, 5.74) is 0.145. The minimum atomic E-state index is -0.460. The van der Waals surface area contributed by atoms with E-state index in [2.05, 4.69) is 5.32 Å². The molecule has 0 fully saturated rings. The molecule has 0 radical (unpaired) electrons. The topological polar surface area (TPSA) is 29.1 Å². The highest BCUT2D eigenvalue weighted by atomic mass is 19.1. The molecule has 0 bridgehead atoms. The quantitative estimate of drug-likeness (QED) is 0.686. The van der Waals surface area contributed by atoms with Crippen LogP contribution in [-0.2, 0) is 0 Å². The minimum absolute atomic E-state index is 0.145. The lowest BCUT2D eigenvalue weighted by Crippen LogP contribution is -2.19. The van der Waals surface area contributed by atoms with Crippen molar-refractivity contribution in [2.75, 3.05) is 13.6 Å². The van der Waals surface area contributed by atoms with Gasteiger partial charge in [-0.15, -0.1) is 0 Å². The monoisotopic (exact) mass is 167 g/mol. The normalized spacial score (nSPS) is 9.83. The maximum absolute atomic E-state index is 12.9. The van der Waals surface area contributed by atoms with Crippen molar-refractivity contribution in [3.05, 3.63) is 35.6 Å². The molecule has 0 aromatic heterocycles. The zero-order chi connectivity index (χ0) is 8.97. The fourth-order valence-electron chi connectivity index (χ4n) is 0.943. The lowest BCUT2D eigenvalue weighted by atomic mass is 10.1. The van der Waals surface area contributed by atoms with Crippen LogP contribution >= 0.6 is 0 Å². The maximum atomic E-state index is 12.9. The molecule has 0 spiro atoms. The van der Waals surface area contributed by atoms with Gasteiger partial charge in [-0.2, -0.15) is 0 Å². The van der Waals surface area contributed by atoms with Crippen molar-refractivity contribution < 1.29 is 9.18 Å². The minimum Gasteiger partial charge on any atom is -0.313 e. The number of hydrogen-bond donors (Lipinski definition) is 1. The smallest absolute Gasteiger partial charge is 0.179 e. The number of nitrogens with one attached hydrogen (secondary N) is 1. The van der Waals surface area contributed by atoms with E-state index in [-0.39, 0.29) is 17.9 Å². The van der Waals surface area contributed by atoms with E-state index < -0.39 is 5.82 Å². The summed E-state index contributed by atoms with van der Waals surface area (Å²) in [4.78, 5) is 11.2. The Balaban J connectivity index is 2.87. The highest BCUT2D eigenvalue weighted by Crippen LogP contribution is 2.06. The number of ketones is 1. The molecule has 1 rings (SSSR count). The van der Waals surface area contributed by atoms with Gasteiger partial charge in [-0.25, -0.2) is 4.39 Å². The number of halogens is 1. The van der Waals surface area contributed by atoms with E-state index >= 15 is 0 Å². The molecule has 0 saturated heterocycles. The van der Waals surface area contributed by atoms with Crippen LogP contribution in [0.4, 0.5) is 4.39 Å². The zero-order valence-electron chi connectivity index (χ0n) is 6.80. The molecule has 64 valence electrons. The lowest BCUT2D eigenvalue weighted by Gasteiger charge is -2.00. The first kappa shape index (κ1) is 8.87. The predicted octanol–water partition coefficient (Wildman–Crippen LogP) is 1.23. The second kappa shape index (κ2) is 3.97. The van der Waals surface area contributed by atoms with E-state index in [0.717, 1.165) is 0 Å². The van der Waals surface area contributed by atoms with Crippen LogP contribution in [0.5, 0.6) is 0 Å². The Morgan fingerprint density at radius 3 is 2.75 bits per heavy atom. The summed E-state index contributed by atoms with van der Waals surface area (Å²) in [6.07, 6.45) is 0. The maximum Gasteiger partial charge on any atom is 0.179 e. The average molecular weight is 167 g/mol. The molecule has 2 nitrogen and oxygen atoms in total. The van der Waals surface area contributed by atoms with Crippen LogP contribution in [0.25, 0.3) is 0 Å². The van der Waals surface area contributed by atoms with Crippen LogP contribution in [0.1, 0.15) is 10.4 Å². The number of likely N-dealkylation sites (N-methyl/N-ethyl adjacent to an activating group) is 1. The van der Waals surface area contributed by atoms with Crippen LogP contribution < -0.4 is 5.32 Å². The Labute approximate surface area is 70.4 Å². The second-order valence-corrected chi connectivity index (χ2v) is 2.43. The van der Waals surface area contributed by atoms with Gasteiger partial charge in [0.25, 0.3) is 0 Å². The summed E-state index contributed by atoms with van der Waals surface area (Å²) < 4.78 is 12.9. The van der Waals surface area contributed by atoms with E-state index in [9.17, 15) is 9.18 Å². The van der Waals surface area contributed by atoms with Gasteiger partial charge in [0.15, 0.2) is 5.78 Å². The summed E-state index contributed by atoms with van der Waals surface area (Å²) in [5.74, 6) is -0.687. The molecule has 0 aliphatic heterocycles. The van der Waals surface area contributed by atoms with Gasteiger partial charge in [-0.3, -0.25) is 4.79 Å². The Morgan fingerprint density at radius 1 is 1.50 bits per heavy atom. The fourth-order valence-corrected chi connectivity index (χ4v) is 0.943. The molecule has 0 aliphatic rings. The van der Waals surface area contributed by atoms with Gasteiger partial charge >= 0.3 is 0 Å². The van der Waals surface area contributed by atoms with Crippen LogP contribution in [0.3, 0.4) is 0 Å². The van der Waals surface area contributed by atoms with Gasteiger partial charge in [0.1, 0.15) is 5.82 Å². The van der Waals surface area contributed by atoms with Gasteiger partial charge in [0.05, 0.1) is 12.1 Å². The Morgan fingerprint density at radius 2 is 2.17 bits per heavy atom. The van der Waals surface area contributed by atoms with Crippen LogP contribution in [0, 0.1) is 5.82 Å². The molecule has 1 aromatic carbocycles. The first-order valence-electron chi connectivity index (χ1n) is 3.68. The highest BCUT2D eigenvalue weighted by Gasteiger charge is 2.08. The van der Waals surface area contributed by atoms with E-state index in [1.807, 2.05) is 0 Å². The number of hydrogen-bond acceptors (Lipinski definition) is 2. The van der Waals surface area contributed by atoms with Crippen molar-refractivity contribution >= 4 is 5.78 Å². The largest absolute Gasteiger partial charge is 0.313 e. The standard InChI is InChI=1S/C9H10FNO/c1-11-6-9(12)7-4-2-3-5-8(7)10/h2-5,11H,6H2,1H3. The summed E-state index contributed by atoms with van der Waals surface area (Å²) in [6, 6.07) is 5.97. The zero-order valence-corrected chi connectivity index (χ0v) is 6.80. The van der Waals surface area contributed by atoms with E-state index in [4.69, 9.17) is 0 Å². The summed E-state index contributed by atoms with van der Waals surface area (Å²) >= 11 is 0. The Kier molecular flexibility index (Phi) is 2.94. The average Bonchev–Trinajstić information content (AvgIpc) is 2.05. The second-order valence-electron chi connectivity index (χ2n) is 2.43. The molecular weight excluding hydrogens is 157 g/mol.